The van der Waals surface area contributed by atoms with E-state index in [0.717, 1.165) is 31.1 Å². The van der Waals surface area contributed by atoms with Crippen LogP contribution < -0.4 is 9.47 Å². The molecular weight excluding hydrogens is 230 g/mol. The summed E-state index contributed by atoms with van der Waals surface area (Å²) in [5, 5.41) is 9.01. The first-order valence-corrected chi connectivity index (χ1v) is 6.22. The second-order valence-corrected chi connectivity index (χ2v) is 4.88. The van der Waals surface area contributed by atoms with Crippen LogP contribution in [0.2, 0.25) is 0 Å². The quantitative estimate of drug-likeness (QED) is 0.859. The molecule has 0 amide bonds. The van der Waals surface area contributed by atoms with Gasteiger partial charge in [-0.3, -0.25) is 4.90 Å². The molecule has 0 atom stereocenters. The Labute approximate surface area is 108 Å². The first-order chi connectivity index (χ1) is 8.67. The van der Waals surface area contributed by atoms with Gasteiger partial charge in [-0.15, -0.1) is 0 Å². The monoisotopic (exact) mass is 251 g/mol. The minimum atomic E-state index is 0.293. The minimum Gasteiger partial charge on any atom is -0.493 e. The molecule has 1 aromatic carbocycles. The van der Waals surface area contributed by atoms with E-state index >= 15 is 0 Å². The van der Waals surface area contributed by atoms with Crippen molar-refractivity contribution in [3.63, 3.8) is 0 Å². The zero-order valence-electron chi connectivity index (χ0n) is 11.3. The molecule has 0 radical (unpaired) electrons. The number of ether oxygens (including phenoxy) is 2. The van der Waals surface area contributed by atoms with Crippen LogP contribution in [0, 0.1) is 12.8 Å². The molecule has 1 fully saturated rings. The van der Waals surface area contributed by atoms with Gasteiger partial charge >= 0.3 is 0 Å². The number of nitrogens with zero attached hydrogens (tertiary/aromatic N) is 1. The summed E-state index contributed by atoms with van der Waals surface area (Å²) in [5.41, 5.74) is 2.46. The molecule has 1 saturated heterocycles. The average Bonchev–Trinajstić information content (AvgIpc) is 2.34. The van der Waals surface area contributed by atoms with Crippen LogP contribution in [0.4, 0.5) is 0 Å². The van der Waals surface area contributed by atoms with Gasteiger partial charge in [-0.05, 0) is 30.2 Å². The van der Waals surface area contributed by atoms with Gasteiger partial charge in [0.15, 0.2) is 11.5 Å². The highest BCUT2D eigenvalue weighted by molar-refractivity contribution is 5.47. The Hall–Kier alpha value is -1.26. The van der Waals surface area contributed by atoms with E-state index in [1.165, 1.54) is 11.1 Å². The van der Waals surface area contributed by atoms with Crippen molar-refractivity contribution in [3.05, 3.63) is 23.3 Å². The number of hydrogen-bond donors (Lipinski definition) is 1. The van der Waals surface area contributed by atoms with E-state index in [9.17, 15) is 0 Å². The summed E-state index contributed by atoms with van der Waals surface area (Å²) in [5.74, 6) is 2.00. The summed E-state index contributed by atoms with van der Waals surface area (Å²) in [7, 11) is 3.31. The van der Waals surface area contributed by atoms with Crippen LogP contribution in [-0.2, 0) is 6.54 Å². The molecule has 4 nitrogen and oxygen atoms in total. The van der Waals surface area contributed by atoms with Gasteiger partial charge in [0.2, 0.25) is 0 Å². The van der Waals surface area contributed by atoms with Crippen LogP contribution in [-0.4, -0.2) is 43.9 Å². The Morgan fingerprint density at radius 1 is 1.22 bits per heavy atom. The topological polar surface area (TPSA) is 41.9 Å². The van der Waals surface area contributed by atoms with Crippen molar-refractivity contribution in [1.82, 2.24) is 4.90 Å². The van der Waals surface area contributed by atoms with E-state index in [2.05, 4.69) is 11.8 Å². The summed E-state index contributed by atoms with van der Waals surface area (Å²) in [6.45, 7) is 5.24. The van der Waals surface area contributed by atoms with Gasteiger partial charge in [0.05, 0.1) is 14.2 Å². The first kappa shape index (κ1) is 13.2. The largest absolute Gasteiger partial charge is 0.493 e. The van der Waals surface area contributed by atoms with Gasteiger partial charge in [-0.25, -0.2) is 0 Å². The normalized spacial score (nSPS) is 16.4. The number of aryl methyl sites for hydroxylation is 1. The molecule has 100 valence electrons. The maximum atomic E-state index is 9.01. The molecular formula is C14H21NO3. The lowest BCUT2D eigenvalue weighted by Gasteiger charge is -2.38. The average molecular weight is 251 g/mol. The first-order valence-electron chi connectivity index (χ1n) is 6.22. The number of methoxy groups -OCH3 is 2. The molecule has 1 N–H and O–H groups in total. The summed E-state index contributed by atoms with van der Waals surface area (Å²) >= 11 is 0. The summed E-state index contributed by atoms with van der Waals surface area (Å²) in [6.07, 6.45) is 0. The molecule has 1 aromatic rings. The van der Waals surface area contributed by atoms with Gasteiger partial charge < -0.3 is 14.6 Å². The molecule has 2 rings (SSSR count). The van der Waals surface area contributed by atoms with Crippen molar-refractivity contribution in [2.24, 2.45) is 5.92 Å². The van der Waals surface area contributed by atoms with E-state index in [-0.39, 0.29) is 0 Å². The zero-order valence-corrected chi connectivity index (χ0v) is 11.3. The lowest BCUT2D eigenvalue weighted by Crippen LogP contribution is -2.47. The Morgan fingerprint density at radius 3 is 2.39 bits per heavy atom. The summed E-state index contributed by atoms with van der Waals surface area (Å²) in [6, 6.07) is 4.05. The second-order valence-electron chi connectivity index (χ2n) is 4.88. The highest BCUT2D eigenvalue weighted by Gasteiger charge is 2.26. The van der Waals surface area contributed by atoms with Crippen LogP contribution in [0.3, 0.4) is 0 Å². The Kier molecular flexibility index (Phi) is 4.09. The van der Waals surface area contributed by atoms with E-state index in [1.54, 1.807) is 14.2 Å². The Bertz CT molecular complexity index is 414. The van der Waals surface area contributed by atoms with Crippen molar-refractivity contribution in [2.75, 3.05) is 33.9 Å². The Balaban J connectivity index is 2.08. The van der Waals surface area contributed by atoms with Gasteiger partial charge in [-0.1, -0.05) is 0 Å². The molecule has 0 aliphatic carbocycles. The van der Waals surface area contributed by atoms with Crippen LogP contribution in [0.1, 0.15) is 11.1 Å². The molecule has 18 heavy (non-hydrogen) atoms. The SMILES string of the molecule is COc1cc(C)c(CN2CC(CO)C2)cc1OC. The van der Waals surface area contributed by atoms with Crippen molar-refractivity contribution in [3.8, 4) is 11.5 Å². The lowest BCUT2D eigenvalue weighted by molar-refractivity contribution is 0.0477. The van der Waals surface area contributed by atoms with Gasteiger partial charge in [-0.2, -0.15) is 0 Å². The number of hydrogen-bond acceptors (Lipinski definition) is 4. The van der Waals surface area contributed by atoms with Crippen LogP contribution >= 0.6 is 0 Å². The third kappa shape index (κ3) is 2.60. The third-order valence-corrected chi connectivity index (χ3v) is 3.53. The number of likely N-dealkylation sites (tertiary alicyclic amines) is 1. The highest BCUT2D eigenvalue weighted by atomic mass is 16.5. The smallest absolute Gasteiger partial charge is 0.161 e. The number of aliphatic hydroxyl groups is 1. The molecule has 0 unspecified atom stereocenters. The second kappa shape index (κ2) is 5.59. The number of rotatable bonds is 5. The van der Waals surface area contributed by atoms with Gasteiger partial charge in [0.1, 0.15) is 0 Å². The van der Waals surface area contributed by atoms with Crippen molar-refractivity contribution in [1.29, 1.82) is 0 Å². The molecule has 0 aromatic heterocycles. The van der Waals surface area contributed by atoms with Gasteiger partial charge in [0, 0.05) is 32.2 Å². The molecule has 4 heteroatoms. The van der Waals surface area contributed by atoms with Crippen molar-refractivity contribution >= 4 is 0 Å². The Morgan fingerprint density at radius 2 is 1.83 bits per heavy atom. The van der Waals surface area contributed by atoms with Crippen LogP contribution in [0.15, 0.2) is 12.1 Å². The summed E-state index contributed by atoms with van der Waals surface area (Å²) < 4.78 is 10.6. The predicted molar refractivity (Wildman–Crippen MR) is 70.1 cm³/mol. The fraction of sp³-hybridized carbons (Fsp3) is 0.571. The standard InChI is InChI=1S/C14H21NO3/c1-10-4-13(17-2)14(18-3)5-12(10)8-15-6-11(7-15)9-16/h4-5,11,16H,6-9H2,1-3H3. The van der Waals surface area contributed by atoms with Crippen LogP contribution in [0.25, 0.3) is 0 Å². The highest BCUT2D eigenvalue weighted by Crippen LogP contribution is 2.31. The third-order valence-electron chi connectivity index (χ3n) is 3.53. The van der Waals surface area contributed by atoms with E-state index in [4.69, 9.17) is 14.6 Å². The van der Waals surface area contributed by atoms with Crippen LogP contribution in [0.5, 0.6) is 11.5 Å². The number of aliphatic hydroxyl groups excluding tert-OH is 1. The fourth-order valence-electron chi connectivity index (χ4n) is 2.36. The van der Waals surface area contributed by atoms with E-state index in [0.29, 0.717) is 12.5 Å². The molecule has 0 saturated carbocycles. The molecule has 1 aliphatic rings. The zero-order chi connectivity index (χ0) is 13.1. The summed E-state index contributed by atoms with van der Waals surface area (Å²) in [4.78, 5) is 2.33. The minimum absolute atomic E-state index is 0.293. The van der Waals surface area contributed by atoms with Gasteiger partial charge in [0.25, 0.3) is 0 Å². The number of benzene rings is 1. The van der Waals surface area contributed by atoms with E-state index < -0.39 is 0 Å². The predicted octanol–water partition coefficient (Wildman–Crippen LogP) is 1.44. The molecule has 1 heterocycles. The molecule has 0 spiro atoms. The molecule has 0 bridgehead atoms. The van der Waals surface area contributed by atoms with Crippen molar-refractivity contribution < 1.29 is 14.6 Å². The maximum absolute atomic E-state index is 9.01. The van der Waals surface area contributed by atoms with Crippen molar-refractivity contribution in [2.45, 2.75) is 13.5 Å². The maximum Gasteiger partial charge on any atom is 0.161 e. The lowest BCUT2D eigenvalue weighted by atomic mass is 9.99. The molecule has 1 aliphatic heterocycles. The fourth-order valence-corrected chi connectivity index (χ4v) is 2.36. The van der Waals surface area contributed by atoms with E-state index in [1.807, 2.05) is 12.1 Å².